The molecule has 0 aliphatic rings. The maximum absolute atomic E-state index is 13.1. The van der Waals surface area contributed by atoms with E-state index in [1.807, 2.05) is 0 Å². The maximum Gasteiger partial charge on any atom is 0.472 e. The standard InChI is InChI=1S/C101H168O16P2/c1-4-7-10-13-16-19-22-25-28-31-34-37-39-41-43-45-47-49-51-53-55-58-60-63-66-69-72-75-78-81-84-87-99(104)111-90-96(102)91-113-118(107,108)114-92-97(103)93-115-119(109,110)116-95-98(117-101(106)89-86-83-80-77-74-71-68-65-62-57-36-33-30-27-24-21-18-15-12-9-6-3)94-112-100(105)88-85-82-79-76-73-70-67-64-61-59-56-54-52-50-48-46-44-42-40-38-35-32-29-26-23-20-17-14-11-8-5-2/h7-8,10-11,16-21,25-30,34-38,41-44,47-50,57,65,68,96-98,102-103H,4-6,9,12-15,22-24,31-33,39-40,45-46,51-56,58-64,66-67,69-95H2,1-3H3,(H,107,108)(H,109,110)/b10-7-,11-8-,19-16-,20-17-,21-18-,28-25-,29-26-,30-27-,37-34-,38-35-,43-41-,44-42-,49-47-,50-48-,57-36-,68-65-. The second-order valence-corrected chi connectivity index (χ2v) is 33.6. The first-order valence-corrected chi connectivity index (χ1v) is 49.7. The molecule has 5 unspecified atom stereocenters. The zero-order chi connectivity index (χ0) is 86.5. The van der Waals surface area contributed by atoms with Crippen LogP contribution in [0.1, 0.15) is 367 Å². The van der Waals surface area contributed by atoms with Gasteiger partial charge in [0, 0.05) is 19.3 Å². The SMILES string of the molecule is CC/C=C\C/C=C\C/C=C\C/C=C\C/C=C\C/C=C\CCCCCCCCCCCCCCC(=O)OCC(O)COP(=O)(O)OCC(O)COP(=O)(O)OCC(COC(=O)CCCCCCCCCCCCCC/C=C\C/C=C\C/C=C\C/C=C\C/C=C\C/C=C\CC)OC(=O)CCCCCCC/C=C\C/C=C\C/C=C\C/C=C\CCCCC. The fraction of sp³-hybridized carbons (Fsp3) is 0.653. The van der Waals surface area contributed by atoms with E-state index in [-0.39, 0.29) is 19.3 Å². The molecule has 678 valence electrons. The summed E-state index contributed by atoms with van der Waals surface area (Å²) in [4.78, 5) is 59.0. The average Bonchev–Trinajstić information content (AvgIpc) is 0.905. The molecule has 5 atom stereocenters. The molecule has 0 rings (SSSR count). The number of aliphatic hydroxyl groups is 2. The Morgan fingerprint density at radius 1 is 0.244 bits per heavy atom. The predicted molar refractivity (Wildman–Crippen MR) is 500 cm³/mol. The first-order valence-electron chi connectivity index (χ1n) is 46.7. The normalized spacial score (nSPS) is 14.6. The number of unbranched alkanes of at least 4 members (excludes halogenated alkanes) is 32. The van der Waals surface area contributed by atoms with E-state index in [0.717, 1.165) is 193 Å². The highest BCUT2D eigenvalue weighted by Crippen LogP contribution is 2.45. The van der Waals surface area contributed by atoms with Gasteiger partial charge in [0.1, 0.15) is 25.4 Å². The highest BCUT2D eigenvalue weighted by atomic mass is 31.2. The smallest absolute Gasteiger partial charge is 0.463 e. The van der Waals surface area contributed by atoms with Crippen LogP contribution in [0.25, 0.3) is 0 Å². The van der Waals surface area contributed by atoms with Gasteiger partial charge in [0.15, 0.2) is 6.10 Å². The van der Waals surface area contributed by atoms with Gasteiger partial charge < -0.3 is 34.2 Å². The number of aliphatic hydroxyl groups excluding tert-OH is 2. The Balaban J connectivity index is 4.63. The molecule has 0 aromatic heterocycles. The number of rotatable bonds is 87. The minimum atomic E-state index is -4.95. The van der Waals surface area contributed by atoms with Gasteiger partial charge in [0.2, 0.25) is 0 Å². The van der Waals surface area contributed by atoms with Crippen LogP contribution < -0.4 is 0 Å². The van der Waals surface area contributed by atoms with Crippen LogP contribution in [0.15, 0.2) is 194 Å². The van der Waals surface area contributed by atoms with E-state index in [1.165, 1.54) is 116 Å². The third kappa shape index (κ3) is 92.9. The molecule has 18 heteroatoms. The fourth-order valence-corrected chi connectivity index (χ4v) is 13.9. The van der Waals surface area contributed by atoms with Crippen molar-refractivity contribution in [1.29, 1.82) is 0 Å². The molecule has 0 aliphatic heterocycles. The Labute approximate surface area is 725 Å². The summed E-state index contributed by atoms with van der Waals surface area (Å²) in [5, 5.41) is 20.7. The number of phosphoric ester groups is 2. The van der Waals surface area contributed by atoms with Crippen molar-refractivity contribution < 1.29 is 75.8 Å². The van der Waals surface area contributed by atoms with Gasteiger partial charge >= 0.3 is 33.6 Å². The first-order chi connectivity index (χ1) is 58.2. The number of hydrogen-bond acceptors (Lipinski definition) is 14. The third-order valence-corrected chi connectivity index (χ3v) is 21.2. The largest absolute Gasteiger partial charge is 0.472 e. The van der Waals surface area contributed by atoms with E-state index >= 15 is 0 Å². The number of hydrogen-bond donors (Lipinski definition) is 4. The highest BCUT2D eigenvalue weighted by molar-refractivity contribution is 7.47. The first kappa shape index (κ1) is 113. The van der Waals surface area contributed by atoms with Crippen LogP contribution in [0.5, 0.6) is 0 Å². The maximum atomic E-state index is 13.1. The van der Waals surface area contributed by atoms with Gasteiger partial charge in [-0.2, -0.15) is 0 Å². The molecule has 0 saturated carbocycles. The van der Waals surface area contributed by atoms with Gasteiger partial charge in [-0.25, -0.2) is 9.13 Å². The highest BCUT2D eigenvalue weighted by Gasteiger charge is 2.29. The summed E-state index contributed by atoms with van der Waals surface area (Å²) in [6.07, 6.45) is 122. The van der Waals surface area contributed by atoms with Gasteiger partial charge in [0.25, 0.3) is 0 Å². The number of esters is 3. The zero-order valence-electron chi connectivity index (χ0n) is 74.7. The summed E-state index contributed by atoms with van der Waals surface area (Å²) in [5.74, 6) is -1.60. The molecule has 0 saturated heterocycles. The molecule has 0 radical (unpaired) electrons. The van der Waals surface area contributed by atoms with Crippen molar-refractivity contribution in [2.45, 2.75) is 386 Å². The van der Waals surface area contributed by atoms with E-state index < -0.39 is 91.5 Å². The molecule has 0 fully saturated rings. The minimum Gasteiger partial charge on any atom is -0.463 e. The van der Waals surface area contributed by atoms with E-state index in [0.29, 0.717) is 19.3 Å². The summed E-state index contributed by atoms with van der Waals surface area (Å²) < 4.78 is 61.5. The number of allylic oxidation sites excluding steroid dienone is 32. The molecule has 119 heavy (non-hydrogen) atoms. The van der Waals surface area contributed by atoms with Gasteiger partial charge in [-0.1, -0.05) is 376 Å². The van der Waals surface area contributed by atoms with Crippen LogP contribution in [-0.2, 0) is 55.8 Å². The van der Waals surface area contributed by atoms with Crippen molar-refractivity contribution >= 4 is 33.6 Å². The van der Waals surface area contributed by atoms with Gasteiger partial charge in [-0.05, 0) is 167 Å². The van der Waals surface area contributed by atoms with Crippen molar-refractivity contribution in [3.8, 4) is 0 Å². The monoisotopic (exact) mass is 1700 g/mol. The van der Waals surface area contributed by atoms with Crippen LogP contribution in [-0.4, -0.2) is 95.9 Å². The van der Waals surface area contributed by atoms with Crippen molar-refractivity contribution in [3.05, 3.63) is 194 Å². The molecule has 0 amide bonds. The molecule has 0 bridgehead atoms. The summed E-state index contributed by atoms with van der Waals surface area (Å²) in [5.41, 5.74) is 0. The molecular weight excluding hydrogens is 1530 g/mol. The molecule has 0 heterocycles. The number of phosphoric acid groups is 2. The van der Waals surface area contributed by atoms with Crippen molar-refractivity contribution in [1.82, 2.24) is 0 Å². The zero-order valence-corrected chi connectivity index (χ0v) is 76.5. The van der Waals surface area contributed by atoms with Crippen molar-refractivity contribution in [2.24, 2.45) is 0 Å². The predicted octanol–water partition coefficient (Wildman–Crippen LogP) is 29.0. The Kier molecular flexibility index (Phi) is 87.3. The Hall–Kier alpha value is -5.61. The lowest BCUT2D eigenvalue weighted by Crippen LogP contribution is -2.30. The lowest BCUT2D eigenvalue weighted by Gasteiger charge is -2.21. The number of ether oxygens (including phenoxy) is 3. The average molecular weight is 1700 g/mol. The van der Waals surface area contributed by atoms with Crippen LogP contribution in [0.3, 0.4) is 0 Å². The summed E-state index contributed by atoms with van der Waals surface area (Å²) in [7, 11) is -9.83. The van der Waals surface area contributed by atoms with E-state index in [4.69, 9.17) is 32.3 Å². The second kappa shape index (κ2) is 91.6. The van der Waals surface area contributed by atoms with E-state index in [2.05, 4.69) is 215 Å². The van der Waals surface area contributed by atoms with E-state index in [9.17, 15) is 43.5 Å². The molecule has 0 spiro atoms. The van der Waals surface area contributed by atoms with Crippen molar-refractivity contribution in [3.63, 3.8) is 0 Å². The van der Waals surface area contributed by atoms with E-state index in [1.54, 1.807) is 0 Å². The summed E-state index contributed by atoms with van der Waals surface area (Å²) in [6.45, 7) is 2.43. The molecule has 0 aliphatic carbocycles. The number of carbonyl (C=O) groups is 3. The molecule has 0 aromatic carbocycles. The lowest BCUT2D eigenvalue weighted by atomic mass is 10.0. The number of carbonyl (C=O) groups excluding carboxylic acids is 3. The van der Waals surface area contributed by atoms with Gasteiger partial charge in [-0.15, -0.1) is 0 Å². The fourth-order valence-electron chi connectivity index (χ4n) is 12.3. The topological polar surface area (TPSA) is 231 Å². The Bertz CT molecular complexity index is 2940. The van der Waals surface area contributed by atoms with Crippen LogP contribution in [0.4, 0.5) is 0 Å². The van der Waals surface area contributed by atoms with Crippen LogP contribution >= 0.6 is 15.6 Å². The van der Waals surface area contributed by atoms with Gasteiger partial charge in [-0.3, -0.25) is 32.5 Å². The Morgan fingerprint density at radius 2 is 0.445 bits per heavy atom. The lowest BCUT2D eigenvalue weighted by molar-refractivity contribution is -0.161. The van der Waals surface area contributed by atoms with Crippen LogP contribution in [0.2, 0.25) is 0 Å². The summed E-state index contributed by atoms with van der Waals surface area (Å²) in [6, 6.07) is 0. The van der Waals surface area contributed by atoms with Crippen molar-refractivity contribution in [2.75, 3.05) is 39.6 Å². The molecule has 4 N–H and O–H groups in total. The third-order valence-electron chi connectivity index (χ3n) is 19.3. The molecule has 0 aromatic rings. The molecule has 16 nitrogen and oxygen atoms in total. The minimum absolute atomic E-state index is 0.0779. The van der Waals surface area contributed by atoms with Crippen LogP contribution in [0, 0.1) is 0 Å². The quantitative estimate of drug-likeness (QED) is 0.0146. The Morgan fingerprint density at radius 3 is 0.706 bits per heavy atom. The van der Waals surface area contributed by atoms with Gasteiger partial charge in [0.05, 0.1) is 26.4 Å². The molecular formula is C101H168O16P2. The second-order valence-electron chi connectivity index (χ2n) is 30.7. The summed E-state index contributed by atoms with van der Waals surface area (Å²) >= 11 is 0.